The second kappa shape index (κ2) is 9.94. The first-order valence-corrected chi connectivity index (χ1v) is 8.81. The average Bonchev–Trinajstić information content (AvgIpc) is 3.54. The molecular weight excluding hydrogens is 352 g/mol. The SMILES string of the molecule is C.C.C.CC(C)(c1ccc(OCC2CO2)cc1)c1ccc(OCC2CO2)cc1. The number of hydrogen-bond donors (Lipinski definition) is 0. The largest absolute Gasteiger partial charge is 0.491 e. The summed E-state index contributed by atoms with van der Waals surface area (Å²) in [5, 5.41) is 0. The van der Waals surface area contributed by atoms with E-state index in [1.54, 1.807) is 0 Å². The highest BCUT2D eigenvalue weighted by atomic mass is 16.6. The van der Waals surface area contributed by atoms with E-state index in [2.05, 4.69) is 38.1 Å². The number of hydrogen-bond acceptors (Lipinski definition) is 4. The molecule has 0 aromatic heterocycles. The van der Waals surface area contributed by atoms with E-state index in [1.165, 1.54) is 11.1 Å². The summed E-state index contributed by atoms with van der Waals surface area (Å²) >= 11 is 0. The number of epoxide rings is 2. The standard InChI is InChI=1S/C21H24O4.3CH4/c1-21(2,15-3-7-17(8-4-15)22-11-19-13-24-19)16-5-9-18(10-6-16)23-12-20-14-25-20;;;/h3-10,19-20H,11-14H2,1-2H3;3*1H4. The van der Waals surface area contributed by atoms with Gasteiger partial charge in [-0.25, -0.2) is 0 Å². The molecule has 0 N–H and O–H groups in total. The fourth-order valence-corrected chi connectivity index (χ4v) is 2.81. The Bertz CT molecular complexity index is 637. The molecule has 2 heterocycles. The molecule has 2 aliphatic rings. The van der Waals surface area contributed by atoms with Crippen LogP contribution in [0.15, 0.2) is 48.5 Å². The van der Waals surface area contributed by atoms with Crippen molar-refractivity contribution in [3.63, 3.8) is 0 Å². The van der Waals surface area contributed by atoms with Gasteiger partial charge in [0, 0.05) is 5.41 Å². The Morgan fingerprint density at radius 2 is 1.04 bits per heavy atom. The summed E-state index contributed by atoms with van der Waals surface area (Å²) in [6.45, 7) is 7.37. The van der Waals surface area contributed by atoms with Crippen molar-refractivity contribution in [2.45, 2.75) is 53.8 Å². The fourth-order valence-electron chi connectivity index (χ4n) is 2.81. The molecule has 2 aromatic rings. The lowest BCUT2D eigenvalue weighted by molar-refractivity contribution is 0.263. The van der Waals surface area contributed by atoms with Gasteiger partial charge in [0.1, 0.15) is 36.9 Å². The van der Waals surface area contributed by atoms with Crippen LogP contribution in [-0.2, 0) is 14.9 Å². The summed E-state index contributed by atoms with van der Waals surface area (Å²) in [5.41, 5.74) is 2.42. The van der Waals surface area contributed by atoms with Crippen LogP contribution in [0.4, 0.5) is 0 Å². The molecule has 2 saturated heterocycles. The maximum absolute atomic E-state index is 5.72. The van der Waals surface area contributed by atoms with Crippen LogP contribution in [0.25, 0.3) is 0 Å². The summed E-state index contributed by atoms with van der Waals surface area (Å²) in [5.74, 6) is 1.78. The second-order valence-electron chi connectivity index (χ2n) is 7.21. The summed E-state index contributed by atoms with van der Waals surface area (Å²) in [4.78, 5) is 0. The van der Waals surface area contributed by atoms with Gasteiger partial charge in [-0.3, -0.25) is 0 Å². The topological polar surface area (TPSA) is 43.5 Å². The molecule has 4 rings (SSSR count). The van der Waals surface area contributed by atoms with Gasteiger partial charge in [0.05, 0.1) is 13.2 Å². The maximum Gasteiger partial charge on any atom is 0.119 e. The lowest BCUT2D eigenvalue weighted by Gasteiger charge is -2.26. The molecule has 0 radical (unpaired) electrons. The van der Waals surface area contributed by atoms with Gasteiger partial charge in [-0.05, 0) is 35.4 Å². The molecule has 156 valence electrons. The highest BCUT2D eigenvalue weighted by molar-refractivity contribution is 5.41. The Kier molecular flexibility index (Phi) is 8.52. The van der Waals surface area contributed by atoms with Crippen LogP contribution in [-0.4, -0.2) is 38.6 Å². The Morgan fingerprint density at radius 3 is 1.32 bits per heavy atom. The van der Waals surface area contributed by atoms with Gasteiger partial charge in [0.25, 0.3) is 0 Å². The second-order valence-corrected chi connectivity index (χ2v) is 7.21. The first kappa shape index (κ1) is 24.0. The van der Waals surface area contributed by atoms with Crippen LogP contribution in [0.1, 0.15) is 47.3 Å². The molecule has 0 amide bonds. The number of rotatable bonds is 8. The molecule has 2 unspecified atom stereocenters. The van der Waals surface area contributed by atoms with Crippen molar-refractivity contribution >= 4 is 0 Å². The van der Waals surface area contributed by atoms with Gasteiger partial charge in [-0.2, -0.15) is 0 Å². The smallest absolute Gasteiger partial charge is 0.119 e. The highest BCUT2D eigenvalue weighted by Crippen LogP contribution is 2.33. The minimum Gasteiger partial charge on any atom is -0.491 e. The van der Waals surface area contributed by atoms with Gasteiger partial charge in [-0.15, -0.1) is 0 Å². The molecule has 2 fully saturated rings. The molecule has 2 aromatic carbocycles. The third-order valence-electron chi connectivity index (χ3n) is 4.83. The van der Waals surface area contributed by atoms with E-state index >= 15 is 0 Å². The van der Waals surface area contributed by atoms with E-state index in [-0.39, 0.29) is 39.9 Å². The number of benzene rings is 2. The van der Waals surface area contributed by atoms with Crippen molar-refractivity contribution in [3.05, 3.63) is 59.7 Å². The zero-order chi connectivity index (χ0) is 17.3. The fraction of sp³-hybridized carbons (Fsp3) is 0.500. The highest BCUT2D eigenvalue weighted by Gasteiger charge is 2.25. The van der Waals surface area contributed by atoms with Crippen LogP contribution in [0.3, 0.4) is 0 Å². The predicted octanol–water partition coefficient (Wildman–Crippen LogP) is 5.48. The molecular formula is C24H36O4. The van der Waals surface area contributed by atoms with E-state index in [1.807, 2.05) is 24.3 Å². The average molecular weight is 389 g/mol. The van der Waals surface area contributed by atoms with Gasteiger partial charge in [0.2, 0.25) is 0 Å². The Hall–Kier alpha value is -2.04. The third-order valence-corrected chi connectivity index (χ3v) is 4.83. The lowest BCUT2D eigenvalue weighted by Crippen LogP contribution is -2.18. The Balaban J connectivity index is 0.00000131. The molecule has 0 aliphatic carbocycles. The third kappa shape index (κ3) is 5.98. The van der Waals surface area contributed by atoms with Crippen molar-refractivity contribution < 1.29 is 18.9 Å². The summed E-state index contributed by atoms with van der Waals surface area (Å²) < 4.78 is 21.8. The monoisotopic (exact) mass is 388 g/mol. The van der Waals surface area contributed by atoms with E-state index in [4.69, 9.17) is 18.9 Å². The van der Waals surface area contributed by atoms with Gasteiger partial charge in [-0.1, -0.05) is 60.4 Å². The lowest BCUT2D eigenvalue weighted by atomic mass is 9.78. The normalized spacial score (nSPS) is 19.4. The van der Waals surface area contributed by atoms with E-state index < -0.39 is 0 Å². The van der Waals surface area contributed by atoms with E-state index in [0.29, 0.717) is 13.2 Å². The molecule has 2 aliphatic heterocycles. The quantitative estimate of drug-likeness (QED) is 0.562. The molecule has 0 saturated carbocycles. The minimum atomic E-state index is -0.0870. The van der Waals surface area contributed by atoms with Crippen molar-refractivity contribution in [3.8, 4) is 11.5 Å². The predicted molar refractivity (Wildman–Crippen MR) is 116 cm³/mol. The Labute approximate surface area is 170 Å². The molecule has 4 nitrogen and oxygen atoms in total. The first-order chi connectivity index (χ1) is 12.1. The molecule has 4 heteroatoms. The van der Waals surface area contributed by atoms with Crippen LogP contribution in [0, 0.1) is 0 Å². The van der Waals surface area contributed by atoms with Crippen molar-refractivity contribution in [2.24, 2.45) is 0 Å². The van der Waals surface area contributed by atoms with Crippen LogP contribution < -0.4 is 9.47 Å². The van der Waals surface area contributed by atoms with E-state index in [0.717, 1.165) is 24.7 Å². The summed E-state index contributed by atoms with van der Waals surface area (Å²) in [6.07, 6.45) is 0.562. The maximum atomic E-state index is 5.72. The number of ether oxygens (including phenoxy) is 4. The zero-order valence-electron chi connectivity index (χ0n) is 14.7. The van der Waals surface area contributed by atoms with Crippen molar-refractivity contribution in [2.75, 3.05) is 26.4 Å². The van der Waals surface area contributed by atoms with Crippen molar-refractivity contribution in [1.29, 1.82) is 0 Å². The summed E-state index contributed by atoms with van der Waals surface area (Å²) in [6, 6.07) is 16.7. The first-order valence-electron chi connectivity index (χ1n) is 8.81. The molecule has 28 heavy (non-hydrogen) atoms. The van der Waals surface area contributed by atoms with Gasteiger partial charge >= 0.3 is 0 Å². The molecule has 0 spiro atoms. The van der Waals surface area contributed by atoms with E-state index in [9.17, 15) is 0 Å². The van der Waals surface area contributed by atoms with Crippen LogP contribution in [0.5, 0.6) is 11.5 Å². The minimum absolute atomic E-state index is 0. The van der Waals surface area contributed by atoms with Crippen LogP contribution in [0.2, 0.25) is 0 Å². The Morgan fingerprint density at radius 1 is 0.714 bits per heavy atom. The van der Waals surface area contributed by atoms with Gasteiger partial charge < -0.3 is 18.9 Å². The van der Waals surface area contributed by atoms with Crippen molar-refractivity contribution in [1.82, 2.24) is 0 Å². The molecule has 0 bridgehead atoms. The zero-order valence-corrected chi connectivity index (χ0v) is 14.7. The van der Waals surface area contributed by atoms with Crippen LogP contribution >= 0.6 is 0 Å². The van der Waals surface area contributed by atoms with Gasteiger partial charge in [0.15, 0.2) is 0 Å². The molecule has 2 atom stereocenters. The summed E-state index contributed by atoms with van der Waals surface area (Å²) in [7, 11) is 0.